The summed E-state index contributed by atoms with van der Waals surface area (Å²) in [7, 11) is 0. The second-order valence-electron chi connectivity index (χ2n) is 4.23. The van der Waals surface area contributed by atoms with Crippen molar-refractivity contribution in [2.24, 2.45) is 0 Å². The van der Waals surface area contributed by atoms with Gasteiger partial charge in [0.05, 0.1) is 0 Å². The second-order valence-corrected chi connectivity index (χ2v) is 5.64. The van der Waals surface area contributed by atoms with Gasteiger partial charge in [0.2, 0.25) is 0 Å². The molecule has 0 aromatic heterocycles. The van der Waals surface area contributed by atoms with Crippen molar-refractivity contribution >= 4 is 51.7 Å². The molecule has 0 unspecified atom stereocenters. The summed E-state index contributed by atoms with van der Waals surface area (Å²) in [6, 6.07) is -1.77. The van der Waals surface area contributed by atoms with Crippen molar-refractivity contribution in [3.05, 3.63) is 0 Å². The first-order chi connectivity index (χ1) is 10.3. The van der Waals surface area contributed by atoms with E-state index in [1.165, 1.54) is 11.8 Å². The van der Waals surface area contributed by atoms with Crippen LogP contribution in [0.15, 0.2) is 0 Å². The molecule has 0 fully saturated rings. The van der Waals surface area contributed by atoms with E-state index in [1.54, 1.807) is 6.26 Å². The van der Waals surface area contributed by atoms with Gasteiger partial charge in [-0.1, -0.05) is 0 Å². The van der Waals surface area contributed by atoms with E-state index in [0.29, 0.717) is 0 Å². The zero-order chi connectivity index (χ0) is 17.1. The zero-order valence-electron chi connectivity index (χ0n) is 11.8. The van der Waals surface area contributed by atoms with Crippen molar-refractivity contribution in [2.45, 2.75) is 24.9 Å². The van der Waals surface area contributed by atoms with Gasteiger partial charge in [0.1, 0.15) is 0 Å². The normalized spacial score (nSPS) is 13.0. The van der Waals surface area contributed by atoms with Gasteiger partial charge in [-0.2, -0.15) is 0 Å². The molecule has 1 radical (unpaired) electrons. The van der Waals surface area contributed by atoms with E-state index < -0.39 is 42.4 Å². The molecule has 125 valence electrons. The van der Waals surface area contributed by atoms with Crippen LogP contribution in [0, 0.1) is 0 Å². The van der Waals surface area contributed by atoms with Crippen molar-refractivity contribution in [1.82, 2.24) is 15.0 Å². The molecule has 0 saturated carbocycles. The quantitative estimate of drug-likeness (QED) is 0.250. The van der Waals surface area contributed by atoms with Gasteiger partial charge in [-0.25, -0.2) is 0 Å². The summed E-state index contributed by atoms with van der Waals surface area (Å²) in [6.07, 6.45) is 1.71. The number of rotatable bonds is 11. The number of carboxylic acids is 2. The SMILES string of the molecule is CSC[C@H](NC(=O)CC[C@H](N[Se])C(=O)O)C(=O)NCC(=O)O. The fraction of sp³-hybridized carbons (Fsp3) is 0.636. The fourth-order valence-corrected chi connectivity index (χ4v) is 2.44. The van der Waals surface area contributed by atoms with E-state index in [-0.39, 0.29) is 18.6 Å². The summed E-state index contributed by atoms with van der Waals surface area (Å²) in [6.45, 7) is -0.531. The predicted molar refractivity (Wildman–Crippen MR) is 80.5 cm³/mol. The molecule has 0 aromatic carbocycles. The Morgan fingerprint density at radius 3 is 2.27 bits per heavy atom. The predicted octanol–water partition coefficient (Wildman–Crippen LogP) is -2.06. The van der Waals surface area contributed by atoms with Gasteiger partial charge in [0.25, 0.3) is 0 Å². The molecule has 0 rings (SSSR count). The van der Waals surface area contributed by atoms with E-state index in [4.69, 9.17) is 10.2 Å². The number of carbonyl (C=O) groups is 4. The van der Waals surface area contributed by atoms with Gasteiger partial charge in [-0.3, -0.25) is 0 Å². The van der Waals surface area contributed by atoms with Crippen LogP contribution in [0.1, 0.15) is 12.8 Å². The third-order valence-electron chi connectivity index (χ3n) is 2.50. The first kappa shape index (κ1) is 20.7. The molecule has 0 heterocycles. The van der Waals surface area contributed by atoms with E-state index >= 15 is 0 Å². The van der Waals surface area contributed by atoms with Crippen LogP contribution in [0.3, 0.4) is 0 Å². The number of hydrogen-bond donors (Lipinski definition) is 5. The van der Waals surface area contributed by atoms with Crippen molar-refractivity contribution < 1.29 is 29.4 Å². The summed E-state index contributed by atoms with van der Waals surface area (Å²) in [5, 5.41) is 22.0. The van der Waals surface area contributed by atoms with Crippen LogP contribution in [0.5, 0.6) is 0 Å². The Bertz CT molecular complexity index is 423. The molecule has 0 spiro atoms. The van der Waals surface area contributed by atoms with Crippen LogP contribution in [0.4, 0.5) is 0 Å². The molecular formula is C11H18N3O6SSe. The fourth-order valence-electron chi connectivity index (χ4n) is 1.41. The van der Waals surface area contributed by atoms with Crippen LogP contribution in [-0.2, 0) is 19.2 Å². The average molecular weight is 399 g/mol. The Hall–Kier alpha value is -1.29. The first-order valence-electron chi connectivity index (χ1n) is 6.20. The molecule has 0 aliphatic heterocycles. The molecule has 9 nitrogen and oxygen atoms in total. The van der Waals surface area contributed by atoms with Gasteiger partial charge in [0.15, 0.2) is 0 Å². The molecule has 11 heteroatoms. The van der Waals surface area contributed by atoms with Crippen molar-refractivity contribution in [3.63, 3.8) is 0 Å². The van der Waals surface area contributed by atoms with Gasteiger partial charge in [0, 0.05) is 0 Å². The third kappa shape index (κ3) is 8.88. The summed E-state index contributed by atoms with van der Waals surface area (Å²) in [5.41, 5.74) is 0. The van der Waals surface area contributed by atoms with Crippen LogP contribution >= 0.6 is 11.8 Å². The maximum absolute atomic E-state index is 11.8. The minimum atomic E-state index is -1.18. The molecule has 22 heavy (non-hydrogen) atoms. The first-order valence-corrected chi connectivity index (χ1v) is 8.45. The van der Waals surface area contributed by atoms with E-state index in [9.17, 15) is 19.2 Å². The topological polar surface area (TPSA) is 145 Å². The summed E-state index contributed by atoms with van der Waals surface area (Å²) >= 11 is 3.68. The molecule has 5 N–H and O–H groups in total. The Morgan fingerprint density at radius 2 is 1.82 bits per heavy atom. The number of nitrogens with one attached hydrogen (secondary N) is 3. The van der Waals surface area contributed by atoms with Gasteiger partial charge < -0.3 is 0 Å². The second kappa shape index (κ2) is 11.3. The van der Waals surface area contributed by atoms with Crippen molar-refractivity contribution in [1.29, 1.82) is 0 Å². The molecule has 0 aliphatic carbocycles. The standard InChI is InChI=1S/C11H18N3O6SSe/c1-21-5-7(10(18)12-4-9(16)17)13-8(15)3-2-6(14-22)11(19)20/h6-7,14H,2-5H2,1H3,(H,12,18)(H,13,15)(H,16,17)(H,19,20)/t6-,7-/m0/s1. The summed E-state index contributed by atoms with van der Waals surface area (Å²) in [5.74, 6) is -3.07. The zero-order valence-corrected chi connectivity index (χ0v) is 14.4. The molecule has 2 atom stereocenters. The number of thioether (sulfide) groups is 1. The van der Waals surface area contributed by atoms with Gasteiger partial charge in [-0.15, -0.1) is 0 Å². The van der Waals surface area contributed by atoms with Crippen LogP contribution in [-0.4, -0.2) is 80.8 Å². The number of amides is 2. The number of aliphatic carboxylic acids is 2. The molecule has 0 aliphatic rings. The van der Waals surface area contributed by atoms with Crippen LogP contribution < -0.4 is 15.0 Å². The van der Waals surface area contributed by atoms with Crippen molar-refractivity contribution in [3.8, 4) is 0 Å². The monoisotopic (exact) mass is 400 g/mol. The van der Waals surface area contributed by atoms with Crippen LogP contribution in [0.2, 0.25) is 0 Å². The Kier molecular flexibility index (Phi) is 10.6. The Morgan fingerprint density at radius 1 is 1.18 bits per heavy atom. The Balaban J connectivity index is 4.42. The average Bonchev–Trinajstić information content (AvgIpc) is 2.44. The van der Waals surface area contributed by atoms with E-state index in [2.05, 4.69) is 31.2 Å². The maximum atomic E-state index is 11.8. The molecule has 0 saturated heterocycles. The number of hydrogen-bond acceptors (Lipinski definition) is 6. The summed E-state index contributed by atoms with van der Waals surface area (Å²) in [4.78, 5) is 44.7. The number of carboxylic acid groups (broad SMARTS) is 2. The molecular weight excluding hydrogens is 381 g/mol. The van der Waals surface area contributed by atoms with E-state index in [0.717, 1.165) is 0 Å². The van der Waals surface area contributed by atoms with Gasteiger partial charge >= 0.3 is 140 Å². The molecule has 0 bridgehead atoms. The molecule has 2 amide bonds. The van der Waals surface area contributed by atoms with E-state index in [1.807, 2.05) is 0 Å². The van der Waals surface area contributed by atoms with Crippen molar-refractivity contribution in [2.75, 3.05) is 18.6 Å². The summed E-state index contributed by atoms with van der Waals surface area (Å²) < 4.78 is 2.44. The van der Waals surface area contributed by atoms with Gasteiger partial charge in [-0.05, 0) is 0 Å². The third-order valence-corrected chi connectivity index (χ3v) is 3.76. The Labute approximate surface area is 140 Å². The van der Waals surface area contributed by atoms with Crippen LogP contribution in [0.25, 0.3) is 0 Å². The molecule has 0 aromatic rings. The number of carbonyl (C=O) groups excluding carboxylic acids is 2. The minimum absolute atomic E-state index is 0.0525.